The van der Waals surface area contributed by atoms with E-state index in [9.17, 15) is 0 Å². The Hall–Kier alpha value is -0.0000000000000000555. The van der Waals surface area contributed by atoms with Crippen molar-refractivity contribution in [3.8, 4) is 0 Å². The first-order valence-electron chi connectivity index (χ1n) is 6.46. The molecule has 0 aliphatic carbocycles. The molecule has 100 valence electrons. The average Bonchev–Trinajstić information content (AvgIpc) is 2.38. The standard InChI is InChI=1S/C13H20N2S3/c1-4-10-12(18-6-5-17-10)13-14-9(8(2)3)7-11(16)15-13/h7-8,10,12H,4-6H2,1-3H3,(H,14,15,16). The van der Waals surface area contributed by atoms with Crippen LogP contribution in [0.5, 0.6) is 0 Å². The number of rotatable bonds is 3. The zero-order valence-corrected chi connectivity index (χ0v) is 13.6. The summed E-state index contributed by atoms with van der Waals surface area (Å²) in [4.78, 5) is 8.07. The molecule has 1 aromatic rings. The van der Waals surface area contributed by atoms with Gasteiger partial charge in [-0.25, -0.2) is 4.98 Å². The van der Waals surface area contributed by atoms with Crippen LogP contribution >= 0.6 is 35.7 Å². The highest BCUT2D eigenvalue weighted by Gasteiger charge is 2.28. The second-order valence-corrected chi connectivity index (χ2v) is 7.84. The minimum absolute atomic E-state index is 0.467. The molecular formula is C13H20N2S3. The molecule has 2 heterocycles. The second kappa shape index (κ2) is 6.44. The molecule has 0 spiro atoms. The summed E-state index contributed by atoms with van der Waals surface area (Å²) in [5.41, 5.74) is 1.20. The third-order valence-corrected chi connectivity index (χ3v) is 6.59. The van der Waals surface area contributed by atoms with E-state index in [-0.39, 0.29) is 0 Å². The van der Waals surface area contributed by atoms with Crippen LogP contribution in [0.2, 0.25) is 0 Å². The van der Waals surface area contributed by atoms with E-state index in [0.29, 0.717) is 16.4 Å². The fourth-order valence-electron chi connectivity index (χ4n) is 2.10. The molecule has 1 aliphatic rings. The lowest BCUT2D eigenvalue weighted by molar-refractivity contribution is 0.721. The van der Waals surface area contributed by atoms with E-state index >= 15 is 0 Å². The van der Waals surface area contributed by atoms with Gasteiger partial charge in [-0.1, -0.05) is 33.0 Å². The Morgan fingerprint density at radius 3 is 2.83 bits per heavy atom. The van der Waals surface area contributed by atoms with Crippen LogP contribution in [-0.4, -0.2) is 26.7 Å². The van der Waals surface area contributed by atoms with Crippen LogP contribution in [0.25, 0.3) is 0 Å². The molecule has 1 aromatic heterocycles. The van der Waals surface area contributed by atoms with Gasteiger partial charge in [0.2, 0.25) is 0 Å². The Morgan fingerprint density at radius 1 is 1.44 bits per heavy atom. The van der Waals surface area contributed by atoms with Crippen molar-refractivity contribution in [1.29, 1.82) is 0 Å². The van der Waals surface area contributed by atoms with E-state index in [4.69, 9.17) is 12.2 Å². The minimum Gasteiger partial charge on any atom is -0.346 e. The lowest BCUT2D eigenvalue weighted by Crippen LogP contribution is -2.21. The van der Waals surface area contributed by atoms with Gasteiger partial charge in [0.25, 0.3) is 0 Å². The maximum Gasteiger partial charge on any atom is 0.130 e. The molecule has 0 saturated carbocycles. The number of hydrogen-bond acceptors (Lipinski definition) is 4. The van der Waals surface area contributed by atoms with Crippen LogP contribution in [0.3, 0.4) is 0 Å². The Balaban J connectivity index is 2.33. The zero-order chi connectivity index (χ0) is 13.1. The number of aromatic nitrogens is 2. The van der Waals surface area contributed by atoms with E-state index in [0.717, 1.165) is 10.5 Å². The first kappa shape index (κ1) is 14.4. The highest BCUT2D eigenvalue weighted by Crippen LogP contribution is 2.42. The van der Waals surface area contributed by atoms with Crippen molar-refractivity contribution < 1.29 is 0 Å². The topological polar surface area (TPSA) is 28.7 Å². The van der Waals surface area contributed by atoms with Gasteiger partial charge in [-0.05, 0) is 18.4 Å². The number of aromatic amines is 1. The fraction of sp³-hybridized carbons (Fsp3) is 0.692. The van der Waals surface area contributed by atoms with Crippen LogP contribution in [0.1, 0.15) is 49.9 Å². The molecule has 1 N–H and O–H groups in total. The summed E-state index contributed by atoms with van der Waals surface area (Å²) < 4.78 is 0.721. The van der Waals surface area contributed by atoms with E-state index in [1.54, 1.807) is 0 Å². The number of nitrogens with one attached hydrogen (secondary N) is 1. The van der Waals surface area contributed by atoms with Crippen molar-refractivity contribution in [3.63, 3.8) is 0 Å². The molecule has 1 aliphatic heterocycles. The molecule has 1 fully saturated rings. The van der Waals surface area contributed by atoms with Crippen LogP contribution in [-0.2, 0) is 0 Å². The summed E-state index contributed by atoms with van der Waals surface area (Å²) >= 11 is 9.39. The van der Waals surface area contributed by atoms with Gasteiger partial charge >= 0.3 is 0 Å². The fourth-order valence-corrected chi connectivity index (χ4v) is 5.34. The van der Waals surface area contributed by atoms with Crippen LogP contribution < -0.4 is 0 Å². The molecular weight excluding hydrogens is 280 g/mol. The summed E-state index contributed by atoms with van der Waals surface area (Å²) in [5, 5.41) is 1.12. The predicted molar refractivity (Wildman–Crippen MR) is 85.2 cm³/mol. The SMILES string of the molecule is CCC1SCCSC1c1nc(=S)cc(C(C)C)[nH]1. The quantitative estimate of drug-likeness (QED) is 0.828. The lowest BCUT2D eigenvalue weighted by Gasteiger charge is -2.29. The Bertz CT molecular complexity index is 456. The molecule has 2 atom stereocenters. The van der Waals surface area contributed by atoms with Gasteiger partial charge in [0, 0.05) is 22.4 Å². The largest absolute Gasteiger partial charge is 0.346 e. The molecule has 5 heteroatoms. The molecule has 2 unspecified atom stereocenters. The van der Waals surface area contributed by atoms with Crippen molar-refractivity contribution in [3.05, 3.63) is 22.2 Å². The summed E-state index contributed by atoms with van der Waals surface area (Å²) in [6.45, 7) is 6.63. The average molecular weight is 301 g/mol. The molecule has 0 bridgehead atoms. The third kappa shape index (κ3) is 3.31. The summed E-state index contributed by atoms with van der Waals surface area (Å²) in [6.07, 6.45) is 1.19. The van der Waals surface area contributed by atoms with E-state index in [1.807, 2.05) is 17.8 Å². The smallest absolute Gasteiger partial charge is 0.130 e. The first-order valence-corrected chi connectivity index (χ1v) is 8.96. The van der Waals surface area contributed by atoms with Crippen molar-refractivity contribution in [2.75, 3.05) is 11.5 Å². The number of H-pyrrole nitrogens is 1. The van der Waals surface area contributed by atoms with Crippen molar-refractivity contribution in [2.45, 2.75) is 43.6 Å². The Morgan fingerprint density at radius 2 is 2.17 bits per heavy atom. The van der Waals surface area contributed by atoms with Crippen LogP contribution in [0, 0.1) is 4.64 Å². The van der Waals surface area contributed by atoms with Gasteiger partial charge in [0.1, 0.15) is 10.5 Å². The van der Waals surface area contributed by atoms with Crippen LogP contribution in [0.15, 0.2) is 6.07 Å². The molecule has 0 amide bonds. The second-order valence-electron chi connectivity index (χ2n) is 4.82. The van der Waals surface area contributed by atoms with Crippen molar-refractivity contribution >= 4 is 35.7 Å². The van der Waals surface area contributed by atoms with Gasteiger partial charge in [-0.3, -0.25) is 0 Å². The van der Waals surface area contributed by atoms with Gasteiger partial charge in [0.15, 0.2) is 0 Å². The summed E-state index contributed by atoms with van der Waals surface area (Å²) in [7, 11) is 0. The monoisotopic (exact) mass is 300 g/mol. The predicted octanol–water partition coefficient (Wildman–Crippen LogP) is 4.56. The number of hydrogen-bond donors (Lipinski definition) is 1. The maximum absolute atomic E-state index is 5.30. The summed E-state index contributed by atoms with van der Waals surface area (Å²) in [6, 6.07) is 1.99. The molecule has 2 nitrogen and oxygen atoms in total. The van der Waals surface area contributed by atoms with Gasteiger partial charge in [-0.15, -0.1) is 11.8 Å². The van der Waals surface area contributed by atoms with E-state index in [1.165, 1.54) is 23.6 Å². The van der Waals surface area contributed by atoms with Gasteiger partial charge in [-0.2, -0.15) is 11.8 Å². The zero-order valence-electron chi connectivity index (χ0n) is 11.1. The molecule has 0 radical (unpaired) electrons. The third-order valence-electron chi connectivity index (χ3n) is 3.13. The molecule has 0 aromatic carbocycles. The molecule has 2 rings (SSSR count). The molecule has 1 saturated heterocycles. The molecule has 18 heavy (non-hydrogen) atoms. The Labute approximate surface area is 123 Å². The van der Waals surface area contributed by atoms with Crippen molar-refractivity contribution in [2.24, 2.45) is 0 Å². The van der Waals surface area contributed by atoms with E-state index in [2.05, 4.69) is 42.5 Å². The maximum atomic E-state index is 5.30. The van der Waals surface area contributed by atoms with Gasteiger partial charge < -0.3 is 4.98 Å². The van der Waals surface area contributed by atoms with Crippen molar-refractivity contribution in [1.82, 2.24) is 9.97 Å². The minimum atomic E-state index is 0.467. The van der Waals surface area contributed by atoms with Gasteiger partial charge in [0.05, 0.1) is 5.25 Å². The lowest BCUT2D eigenvalue weighted by atomic mass is 10.1. The van der Waals surface area contributed by atoms with Crippen LogP contribution in [0.4, 0.5) is 0 Å². The normalized spacial score (nSPS) is 24.4. The highest BCUT2D eigenvalue weighted by atomic mass is 32.2. The first-order chi connectivity index (χ1) is 8.61. The number of nitrogens with zero attached hydrogens (tertiary/aromatic N) is 1. The summed E-state index contributed by atoms with van der Waals surface area (Å²) in [5.74, 6) is 4.01. The Kier molecular flexibility index (Phi) is 5.15. The number of thioether (sulfide) groups is 2. The van der Waals surface area contributed by atoms with E-state index < -0.39 is 0 Å². The highest BCUT2D eigenvalue weighted by molar-refractivity contribution is 8.06.